The highest BCUT2D eigenvalue weighted by Crippen LogP contribution is 2.41. The zero-order valence-electron chi connectivity index (χ0n) is 12.1. The maximum atomic E-state index is 12.5. The first-order valence-corrected chi connectivity index (χ1v) is 7.87. The normalized spacial score (nSPS) is 27.2. The molecule has 0 unspecified atom stereocenters. The Hall–Kier alpha value is -1.26. The standard InChI is InChI=1S/C16H20ClNO3/c1-2-5-21-15-4-3-10(6-13(15)17)16(20)18-8-11-7-14(19)12(11)9-18/h3-4,6,11-12,14,19H,2,5,7-9H2,1H3/t11-,12+,14-/m1/s1. The Morgan fingerprint density at radius 3 is 2.90 bits per heavy atom. The maximum Gasteiger partial charge on any atom is 0.253 e. The largest absolute Gasteiger partial charge is 0.492 e. The number of aliphatic hydroxyl groups is 1. The first kappa shape index (κ1) is 14.7. The molecule has 1 aliphatic carbocycles. The van der Waals surface area contributed by atoms with Gasteiger partial charge in [-0.2, -0.15) is 0 Å². The number of ether oxygens (including phenoxy) is 1. The fourth-order valence-electron chi connectivity index (χ4n) is 3.18. The highest BCUT2D eigenvalue weighted by atomic mass is 35.5. The highest BCUT2D eigenvalue weighted by molar-refractivity contribution is 6.32. The molecule has 1 aliphatic heterocycles. The number of nitrogens with zero attached hydrogens (tertiary/aromatic N) is 1. The lowest BCUT2D eigenvalue weighted by atomic mass is 9.74. The van der Waals surface area contributed by atoms with Crippen molar-refractivity contribution >= 4 is 17.5 Å². The summed E-state index contributed by atoms with van der Waals surface area (Å²) in [5.74, 6) is 1.33. The van der Waals surface area contributed by atoms with E-state index in [2.05, 4.69) is 0 Å². The van der Waals surface area contributed by atoms with Crippen molar-refractivity contribution in [1.82, 2.24) is 4.90 Å². The van der Waals surface area contributed by atoms with Crippen LogP contribution in [0.1, 0.15) is 30.1 Å². The minimum atomic E-state index is -0.235. The smallest absolute Gasteiger partial charge is 0.253 e. The summed E-state index contributed by atoms with van der Waals surface area (Å²) >= 11 is 6.17. The van der Waals surface area contributed by atoms with Crippen LogP contribution < -0.4 is 4.74 Å². The molecule has 1 saturated carbocycles. The second-order valence-electron chi connectivity index (χ2n) is 5.93. The number of carbonyl (C=O) groups excluding carboxylic acids is 1. The molecule has 21 heavy (non-hydrogen) atoms. The monoisotopic (exact) mass is 309 g/mol. The van der Waals surface area contributed by atoms with E-state index in [1.165, 1.54) is 0 Å². The van der Waals surface area contributed by atoms with E-state index in [0.717, 1.165) is 19.4 Å². The molecule has 4 nitrogen and oxygen atoms in total. The van der Waals surface area contributed by atoms with Gasteiger partial charge in [-0.05, 0) is 37.0 Å². The third kappa shape index (κ3) is 2.74. The van der Waals surface area contributed by atoms with Crippen LogP contribution in [0.3, 0.4) is 0 Å². The van der Waals surface area contributed by atoms with E-state index in [4.69, 9.17) is 16.3 Å². The zero-order valence-corrected chi connectivity index (χ0v) is 12.8. The summed E-state index contributed by atoms with van der Waals surface area (Å²) < 4.78 is 5.51. The lowest BCUT2D eigenvalue weighted by Crippen LogP contribution is -2.39. The minimum absolute atomic E-state index is 0.0134. The molecule has 0 bridgehead atoms. The second kappa shape index (κ2) is 5.85. The van der Waals surface area contributed by atoms with Crippen LogP contribution in [0.25, 0.3) is 0 Å². The number of amides is 1. The second-order valence-corrected chi connectivity index (χ2v) is 6.34. The van der Waals surface area contributed by atoms with Crippen molar-refractivity contribution in [1.29, 1.82) is 0 Å². The molecule has 0 aromatic heterocycles. The number of halogens is 1. The van der Waals surface area contributed by atoms with Crippen LogP contribution in [-0.4, -0.2) is 41.7 Å². The number of rotatable bonds is 4. The SMILES string of the molecule is CCCOc1ccc(C(=O)N2C[C@H]3C[C@@H](O)[C@H]3C2)cc1Cl. The van der Waals surface area contributed by atoms with Gasteiger partial charge >= 0.3 is 0 Å². The summed E-state index contributed by atoms with van der Waals surface area (Å²) in [4.78, 5) is 14.3. The van der Waals surface area contributed by atoms with Gasteiger partial charge in [0, 0.05) is 24.6 Å². The van der Waals surface area contributed by atoms with Crippen molar-refractivity contribution in [3.05, 3.63) is 28.8 Å². The van der Waals surface area contributed by atoms with E-state index < -0.39 is 0 Å². The van der Waals surface area contributed by atoms with E-state index in [1.807, 2.05) is 11.8 Å². The van der Waals surface area contributed by atoms with Gasteiger partial charge in [-0.25, -0.2) is 0 Å². The predicted molar refractivity (Wildman–Crippen MR) is 80.7 cm³/mol. The molecular formula is C16H20ClNO3. The van der Waals surface area contributed by atoms with Gasteiger partial charge in [-0.3, -0.25) is 4.79 Å². The van der Waals surface area contributed by atoms with Crippen molar-refractivity contribution < 1.29 is 14.6 Å². The third-order valence-corrected chi connectivity index (χ3v) is 4.75. The predicted octanol–water partition coefficient (Wildman–Crippen LogP) is 2.58. The molecular weight excluding hydrogens is 290 g/mol. The van der Waals surface area contributed by atoms with Crippen molar-refractivity contribution in [3.8, 4) is 5.75 Å². The summed E-state index contributed by atoms with van der Waals surface area (Å²) in [6, 6.07) is 5.19. The van der Waals surface area contributed by atoms with Gasteiger partial charge in [0.05, 0.1) is 17.7 Å². The maximum absolute atomic E-state index is 12.5. The van der Waals surface area contributed by atoms with Crippen molar-refractivity contribution in [2.24, 2.45) is 11.8 Å². The first-order chi connectivity index (χ1) is 10.1. The fraction of sp³-hybridized carbons (Fsp3) is 0.562. The number of aliphatic hydroxyl groups excluding tert-OH is 1. The highest BCUT2D eigenvalue weighted by Gasteiger charge is 2.47. The van der Waals surface area contributed by atoms with E-state index in [0.29, 0.717) is 35.4 Å². The third-order valence-electron chi connectivity index (χ3n) is 4.46. The average molecular weight is 310 g/mol. The van der Waals surface area contributed by atoms with E-state index >= 15 is 0 Å². The van der Waals surface area contributed by atoms with E-state index in [-0.39, 0.29) is 17.9 Å². The molecule has 0 spiro atoms. The molecule has 1 heterocycles. The van der Waals surface area contributed by atoms with Crippen molar-refractivity contribution in [3.63, 3.8) is 0 Å². The van der Waals surface area contributed by atoms with Crippen LogP contribution >= 0.6 is 11.6 Å². The number of fused-ring (bicyclic) bond motifs is 1. The molecule has 3 atom stereocenters. The fourth-order valence-corrected chi connectivity index (χ4v) is 3.42. The van der Waals surface area contributed by atoms with E-state index in [1.54, 1.807) is 18.2 Å². The van der Waals surface area contributed by atoms with Gasteiger partial charge in [0.25, 0.3) is 5.91 Å². The van der Waals surface area contributed by atoms with Crippen LogP contribution in [0.15, 0.2) is 18.2 Å². The van der Waals surface area contributed by atoms with Crippen LogP contribution in [-0.2, 0) is 0 Å². The van der Waals surface area contributed by atoms with Crippen LogP contribution in [0.5, 0.6) is 5.75 Å². The average Bonchev–Trinajstić information content (AvgIpc) is 2.82. The Balaban J connectivity index is 1.69. The Labute approximate surface area is 129 Å². The molecule has 1 saturated heterocycles. The Bertz CT molecular complexity index is 548. The summed E-state index contributed by atoms with van der Waals surface area (Å²) in [6.45, 7) is 4.03. The summed E-state index contributed by atoms with van der Waals surface area (Å²) in [6.07, 6.45) is 1.50. The summed E-state index contributed by atoms with van der Waals surface area (Å²) in [5.41, 5.74) is 0.583. The van der Waals surface area contributed by atoms with Gasteiger partial charge in [0.2, 0.25) is 0 Å². The van der Waals surface area contributed by atoms with Crippen molar-refractivity contribution in [2.75, 3.05) is 19.7 Å². The molecule has 5 heteroatoms. The Kier molecular flexibility index (Phi) is 4.09. The molecule has 114 valence electrons. The molecule has 0 radical (unpaired) electrons. The van der Waals surface area contributed by atoms with Gasteiger partial charge in [-0.1, -0.05) is 18.5 Å². The summed E-state index contributed by atoms with van der Waals surface area (Å²) in [5, 5.41) is 10.1. The minimum Gasteiger partial charge on any atom is -0.492 e. The van der Waals surface area contributed by atoms with Crippen molar-refractivity contribution in [2.45, 2.75) is 25.9 Å². The Morgan fingerprint density at radius 2 is 2.29 bits per heavy atom. The van der Waals surface area contributed by atoms with Crippen LogP contribution in [0.2, 0.25) is 5.02 Å². The topological polar surface area (TPSA) is 49.8 Å². The van der Waals surface area contributed by atoms with Gasteiger partial charge in [0.1, 0.15) is 5.75 Å². The molecule has 3 rings (SSSR count). The number of carbonyl (C=O) groups is 1. The molecule has 2 fully saturated rings. The molecule has 2 aliphatic rings. The quantitative estimate of drug-likeness (QED) is 0.930. The molecule has 1 N–H and O–H groups in total. The number of hydrogen-bond acceptors (Lipinski definition) is 3. The van der Waals surface area contributed by atoms with Gasteiger partial charge in [-0.15, -0.1) is 0 Å². The first-order valence-electron chi connectivity index (χ1n) is 7.49. The van der Waals surface area contributed by atoms with Gasteiger partial charge < -0.3 is 14.7 Å². The lowest BCUT2D eigenvalue weighted by Gasteiger charge is -2.34. The molecule has 1 amide bonds. The number of hydrogen-bond donors (Lipinski definition) is 1. The molecule has 1 aromatic carbocycles. The number of likely N-dealkylation sites (tertiary alicyclic amines) is 1. The van der Waals surface area contributed by atoms with Crippen LogP contribution in [0.4, 0.5) is 0 Å². The summed E-state index contributed by atoms with van der Waals surface area (Å²) in [7, 11) is 0. The lowest BCUT2D eigenvalue weighted by molar-refractivity contribution is -0.00427. The molecule has 1 aromatic rings. The van der Waals surface area contributed by atoms with Gasteiger partial charge in [0.15, 0.2) is 0 Å². The van der Waals surface area contributed by atoms with Crippen LogP contribution in [0, 0.1) is 11.8 Å². The Morgan fingerprint density at radius 1 is 1.48 bits per heavy atom. The van der Waals surface area contributed by atoms with E-state index in [9.17, 15) is 9.90 Å². The zero-order chi connectivity index (χ0) is 15.0. The number of benzene rings is 1.